The number of primary amides is 1. The fourth-order valence-electron chi connectivity index (χ4n) is 2.14. The molecule has 0 bridgehead atoms. The van der Waals surface area contributed by atoms with Gasteiger partial charge in [-0.05, 0) is 49.7 Å². The van der Waals surface area contributed by atoms with E-state index in [0.29, 0.717) is 29.4 Å². The molecular weight excluding hydrogens is 348 g/mol. The molecule has 0 unspecified atom stereocenters. The summed E-state index contributed by atoms with van der Waals surface area (Å²) in [5, 5.41) is 6.45. The Morgan fingerprint density at radius 3 is 2.52 bits per heavy atom. The molecule has 0 atom stereocenters. The maximum Gasteiger partial charge on any atom is 0.332 e. The second-order valence-corrected chi connectivity index (χ2v) is 5.58. The number of amides is 3. The molecule has 2 aromatic carbocycles. The third-order valence-corrected chi connectivity index (χ3v) is 3.35. The number of aryl methyl sites for hydroxylation is 1. The van der Waals surface area contributed by atoms with Crippen LogP contribution in [0, 0.1) is 6.92 Å². The number of benzene rings is 2. The van der Waals surface area contributed by atoms with E-state index in [9.17, 15) is 9.59 Å². The van der Waals surface area contributed by atoms with Crippen molar-refractivity contribution in [2.45, 2.75) is 13.8 Å². The lowest BCUT2D eigenvalue weighted by molar-refractivity contribution is -0.118. The molecule has 2 rings (SSSR count). The molecule has 0 aliphatic rings. The highest BCUT2D eigenvalue weighted by Gasteiger charge is 2.09. The molecule has 2 aromatic rings. The van der Waals surface area contributed by atoms with Crippen LogP contribution in [0.25, 0.3) is 0 Å². The van der Waals surface area contributed by atoms with E-state index in [-0.39, 0.29) is 12.5 Å². The van der Waals surface area contributed by atoms with E-state index in [1.807, 2.05) is 38.1 Å². The summed E-state index contributed by atoms with van der Waals surface area (Å²) < 4.78 is 11.1. The van der Waals surface area contributed by atoms with Crippen molar-refractivity contribution in [1.29, 1.82) is 0 Å². The number of carbonyl (C=O) groups is 2. The lowest BCUT2D eigenvalue weighted by atomic mass is 10.2. The van der Waals surface area contributed by atoms with Crippen molar-refractivity contribution in [2.75, 3.05) is 18.5 Å². The zero-order valence-corrected chi connectivity index (χ0v) is 15.2. The molecule has 0 aliphatic carbocycles. The smallest absolute Gasteiger partial charge is 0.332 e. The summed E-state index contributed by atoms with van der Waals surface area (Å²) in [5.74, 6) is 0.608. The molecule has 8 heteroatoms. The van der Waals surface area contributed by atoms with Gasteiger partial charge in [-0.15, -0.1) is 0 Å². The van der Waals surface area contributed by atoms with E-state index in [1.54, 1.807) is 18.2 Å². The summed E-state index contributed by atoms with van der Waals surface area (Å²) in [4.78, 5) is 22.7. The predicted octanol–water partition coefficient (Wildman–Crippen LogP) is 2.41. The van der Waals surface area contributed by atoms with Crippen LogP contribution in [0.15, 0.2) is 47.6 Å². The normalized spacial score (nSPS) is 10.4. The molecule has 0 saturated heterocycles. The van der Waals surface area contributed by atoms with Crippen LogP contribution in [0.4, 0.5) is 10.5 Å². The van der Waals surface area contributed by atoms with Crippen LogP contribution in [0.5, 0.6) is 11.5 Å². The Labute approximate surface area is 157 Å². The van der Waals surface area contributed by atoms with Crippen LogP contribution >= 0.6 is 0 Å². The van der Waals surface area contributed by atoms with Crippen LogP contribution in [-0.2, 0) is 4.79 Å². The Hall–Kier alpha value is -3.55. The fourth-order valence-corrected chi connectivity index (χ4v) is 2.14. The van der Waals surface area contributed by atoms with E-state index in [1.165, 1.54) is 6.21 Å². The summed E-state index contributed by atoms with van der Waals surface area (Å²) in [7, 11) is 0. The van der Waals surface area contributed by atoms with Gasteiger partial charge in [-0.2, -0.15) is 5.10 Å². The maximum atomic E-state index is 12.1. The number of nitrogens with zero attached hydrogens (tertiary/aromatic N) is 1. The highest BCUT2D eigenvalue weighted by atomic mass is 16.5. The van der Waals surface area contributed by atoms with Crippen LogP contribution in [0.2, 0.25) is 0 Å². The van der Waals surface area contributed by atoms with Gasteiger partial charge in [0.1, 0.15) is 0 Å². The third kappa shape index (κ3) is 6.69. The Bertz CT molecular complexity index is 819. The van der Waals surface area contributed by atoms with Gasteiger partial charge in [0.05, 0.1) is 12.8 Å². The molecule has 3 amide bonds. The number of hydrogen-bond acceptors (Lipinski definition) is 5. The van der Waals surface area contributed by atoms with Crippen molar-refractivity contribution in [2.24, 2.45) is 10.8 Å². The summed E-state index contributed by atoms with van der Waals surface area (Å²) in [6.07, 6.45) is 1.42. The van der Waals surface area contributed by atoms with Gasteiger partial charge < -0.3 is 20.5 Å². The predicted molar refractivity (Wildman–Crippen MR) is 103 cm³/mol. The van der Waals surface area contributed by atoms with Gasteiger partial charge in [0.2, 0.25) is 0 Å². The van der Waals surface area contributed by atoms with Crippen LogP contribution in [0.1, 0.15) is 18.1 Å². The monoisotopic (exact) mass is 370 g/mol. The molecule has 0 heterocycles. The van der Waals surface area contributed by atoms with Crippen LogP contribution in [0.3, 0.4) is 0 Å². The molecule has 27 heavy (non-hydrogen) atoms. The molecule has 0 aliphatic heterocycles. The first kappa shape index (κ1) is 19.8. The second-order valence-electron chi connectivity index (χ2n) is 5.58. The van der Waals surface area contributed by atoms with E-state index >= 15 is 0 Å². The van der Waals surface area contributed by atoms with Gasteiger partial charge >= 0.3 is 6.03 Å². The quantitative estimate of drug-likeness (QED) is 0.489. The first-order valence-corrected chi connectivity index (χ1v) is 8.32. The van der Waals surface area contributed by atoms with Gasteiger partial charge in [-0.25, -0.2) is 10.2 Å². The molecule has 0 radical (unpaired) electrons. The molecule has 0 fully saturated rings. The topological polar surface area (TPSA) is 115 Å². The molecule has 4 N–H and O–H groups in total. The first-order chi connectivity index (χ1) is 13.0. The number of anilines is 1. The van der Waals surface area contributed by atoms with Gasteiger partial charge in [-0.1, -0.05) is 17.7 Å². The number of hydrogen-bond donors (Lipinski definition) is 3. The van der Waals surface area contributed by atoms with E-state index in [0.717, 1.165) is 5.56 Å². The Balaban J connectivity index is 1.99. The molecule has 8 nitrogen and oxygen atoms in total. The fraction of sp³-hybridized carbons (Fsp3) is 0.211. The minimum absolute atomic E-state index is 0.162. The molecule has 142 valence electrons. The highest BCUT2D eigenvalue weighted by molar-refractivity contribution is 5.92. The zero-order valence-electron chi connectivity index (χ0n) is 15.2. The number of nitrogens with two attached hydrogens (primary N) is 1. The summed E-state index contributed by atoms with van der Waals surface area (Å²) in [5.41, 5.74) is 9.54. The van der Waals surface area contributed by atoms with E-state index in [2.05, 4.69) is 15.8 Å². The maximum absolute atomic E-state index is 12.1. The number of nitrogens with one attached hydrogen (secondary N) is 2. The van der Waals surface area contributed by atoms with Gasteiger partial charge in [0.25, 0.3) is 5.91 Å². The van der Waals surface area contributed by atoms with Crippen LogP contribution in [-0.4, -0.2) is 31.4 Å². The Kier molecular flexibility index (Phi) is 7.18. The molecule has 0 aromatic heterocycles. The molecule has 0 spiro atoms. The van der Waals surface area contributed by atoms with Gasteiger partial charge in [0, 0.05) is 5.69 Å². The SMILES string of the molecule is CCOc1cc(/C=N/NC(N)=O)ccc1OCC(=O)Nc1ccc(C)cc1. The summed E-state index contributed by atoms with van der Waals surface area (Å²) >= 11 is 0. The van der Waals surface area contributed by atoms with Crippen LogP contribution < -0.4 is 25.9 Å². The number of ether oxygens (including phenoxy) is 2. The van der Waals surface area contributed by atoms with Crippen molar-refractivity contribution in [3.63, 3.8) is 0 Å². The van der Waals surface area contributed by atoms with Gasteiger partial charge in [-0.3, -0.25) is 4.79 Å². The van der Waals surface area contributed by atoms with Crippen molar-refractivity contribution in [1.82, 2.24) is 5.43 Å². The number of rotatable bonds is 8. The zero-order chi connectivity index (χ0) is 19.6. The minimum atomic E-state index is -0.754. The molecular formula is C19H22N4O4. The third-order valence-electron chi connectivity index (χ3n) is 3.35. The van der Waals surface area contributed by atoms with Crippen molar-refractivity contribution in [3.05, 3.63) is 53.6 Å². The number of carbonyl (C=O) groups excluding carboxylic acids is 2. The second kappa shape index (κ2) is 9.81. The number of urea groups is 1. The summed E-state index contributed by atoms with van der Waals surface area (Å²) in [6, 6.07) is 11.8. The Morgan fingerprint density at radius 1 is 1.11 bits per heavy atom. The number of hydrazone groups is 1. The standard InChI is InChI=1S/C19H22N4O4/c1-3-26-17-10-14(11-21-23-19(20)25)6-9-16(17)27-12-18(24)22-15-7-4-13(2)5-8-15/h4-11H,3,12H2,1-2H3,(H,22,24)(H3,20,23,25)/b21-11+. The van der Waals surface area contributed by atoms with E-state index in [4.69, 9.17) is 15.2 Å². The molecule has 0 saturated carbocycles. The lowest BCUT2D eigenvalue weighted by Gasteiger charge is -2.12. The minimum Gasteiger partial charge on any atom is -0.490 e. The first-order valence-electron chi connectivity index (χ1n) is 8.32. The average Bonchev–Trinajstić information content (AvgIpc) is 2.63. The van der Waals surface area contributed by atoms with Crippen molar-refractivity contribution >= 4 is 23.8 Å². The Morgan fingerprint density at radius 2 is 1.85 bits per heavy atom. The van der Waals surface area contributed by atoms with Crippen molar-refractivity contribution < 1.29 is 19.1 Å². The lowest BCUT2D eigenvalue weighted by Crippen LogP contribution is -2.24. The van der Waals surface area contributed by atoms with Crippen molar-refractivity contribution in [3.8, 4) is 11.5 Å². The average molecular weight is 370 g/mol. The largest absolute Gasteiger partial charge is 0.490 e. The summed E-state index contributed by atoms with van der Waals surface area (Å²) in [6.45, 7) is 4.07. The van der Waals surface area contributed by atoms with E-state index < -0.39 is 6.03 Å². The highest BCUT2D eigenvalue weighted by Crippen LogP contribution is 2.28. The van der Waals surface area contributed by atoms with Gasteiger partial charge in [0.15, 0.2) is 18.1 Å².